The third-order valence-corrected chi connectivity index (χ3v) is 5.14. The second-order valence-electron chi connectivity index (χ2n) is 4.72. The Bertz CT molecular complexity index is 549. The fourth-order valence-corrected chi connectivity index (χ4v) is 3.33. The van der Waals surface area contributed by atoms with Gasteiger partial charge in [-0.25, -0.2) is 4.98 Å². The van der Waals surface area contributed by atoms with Gasteiger partial charge in [0, 0.05) is 11.1 Å². The minimum atomic E-state index is -0.661. The molecule has 5 nitrogen and oxygen atoms in total. The Morgan fingerprint density at radius 1 is 1.35 bits per heavy atom. The van der Waals surface area contributed by atoms with E-state index in [-0.39, 0.29) is 0 Å². The number of hydrogen-bond donors (Lipinski definition) is 1. The predicted molar refractivity (Wildman–Crippen MR) is 80.2 cm³/mol. The average molecular weight is 313 g/mol. The summed E-state index contributed by atoms with van der Waals surface area (Å²) in [6.07, 6.45) is 1.99. The Hall–Kier alpha value is -0.920. The van der Waals surface area contributed by atoms with Crippen LogP contribution in [0.2, 0.25) is 0 Å². The van der Waals surface area contributed by atoms with Gasteiger partial charge in [0.1, 0.15) is 0 Å². The number of rotatable bonds is 7. The van der Waals surface area contributed by atoms with E-state index in [1.807, 2.05) is 26.2 Å². The summed E-state index contributed by atoms with van der Waals surface area (Å²) in [4.78, 5) is 4.37. The zero-order valence-corrected chi connectivity index (χ0v) is 13.6. The Kier molecular flexibility index (Phi) is 5.17. The molecule has 0 saturated carbocycles. The van der Waals surface area contributed by atoms with Gasteiger partial charge in [0.05, 0.1) is 22.7 Å². The summed E-state index contributed by atoms with van der Waals surface area (Å²) >= 11 is 3.02. The van der Waals surface area contributed by atoms with Crippen molar-refractivity contribution in [3.05, 3.63) is 22.0 Å². The van der Waals surface area contributed by atoms with E-state index in [1.165, 1.54) is 11.8 Å². The molecule has 0 atom stereocenters. The van der Waals surface area contributed by atoms with Crippen LogP contribution >= 0.6 is 23.1 Å². The molecule has 0 aliphatic heterocycles. The van der Waals surface area contributed by atoms with Crippen LogP contribution < -0.4 is 0 Å². The molecule has 0 aromatic carbocycles. The highest BCUT2D eigenvalue weighted by atomic mass is 32.2. The molecule has 7 heteroatoms. The predicted octanol–water partition coefficient (Wildman–Crippen LogP) is 3.07. The van der Waals surface area contributed by atoms with Gasteiger partial charge in [-0.05, 0) is 19.8 Å². The number of aryl methyl sites for hydroxylation is 1. The number of aliphatic hydroxyl groups is 1. The van der Waals surface area contributed by atoms with Gasteiger partial charge in [0.25, 0.3) is 5.22 Å². The van der Waals surface area contributed by atoms with E-state index in [9.17, 15) is 5.11 Å². The van der Waals surface area contributed by atoms with Gasteiger partial charge in [0.15, 0.2) is 0 Å². The van der Waals surface area contributed by atoms with Crippen molar-refractivity contribution in [1.82, 2.24) is 15.2 Å². The first-order valence-corrected chi connectivity index (χ1v) is 8.49. The largest absolute Gasteiger partial charge is 0.416 e. The molecule has 2 rings (SSSR count). The van der Waals surface area contributed by atoms with Gasteiger partial charge in [0.2, 0.25) is 5.89 Å². The molecular weight excluding hydrogens is 294 g/mol. The van der Waals surface area contributed by atoms with Crippen LogP contribution in [0, 0.1) is 6.92 Å². The zero-order chi connectivity index (χ0) is 14.6. The van der Waals surface area contributed by atoms with Crippen molar-refractivity contribution in [1.29, 1.82) is 0 Å². The molecule has 0 spiro atoms. The van der Waals surface area contributed by atoms with Crippen molar-refractivity contribution in [2.45, 2.75) is 50.9 Å². The van der Waals surface area contributed by atoms with Crippen LogP contribution in [0.15, 0.2) is 15.0 Å². The molecule has 0 radical (unpaired) electrons. The minimum Gasteiger partial charge on any atom is -0.416 e. The van der Waals surface area contributed by atoms with E-state index in [2.05, 4.69) is 15.2 Å². The molecule has 0 aliphatic rings. The summed E-state index contributed by atoms with van der Waals surface area (Å²) in [5.41, 5.74) is 0.289. The van der Waals surface area contributed by atoms with E-state index >= 15 is 0 Å². The molecule has 20 heavy (non-hydrogen) atoms. The van der Waals surface area contributed by atoms with Crippen molar-refractivity contribution in [3.8, 4) is 0 Å². The number of thioether (sulfide) groups is 1. The number of hydrogen-bond acceptors (Lipinski definition) is 7. The molecular formula is C13H19N3O2S2. The van der Waals surface area contributed by atoms with E-state index in [1.54, 1.807) is 11.3 Å². The van der Waals surface area contributed by atoms with E-state index in [0.29, 0.717) is 23.3 Å². The average Bonchev–Trinajstić information content (AvgIpc) is 3.06. The molecule has 1 N–H and O–H groups in total. The van der Waals surface area contributed by atoms with E-state index in [4.69, 9.17) is 4.42 Å². The van der Waals surface area contributed by atoms with E-state index < -0.39 is 5.60 Å². The van der Waals surface area contributed by atoms with Crippen molar-refractivity contribution in [2.75, 3.05) is 5.75 Å². The summed E-state index contributed by atoms with van der Waals surface area (Å²) in [5.74, 6) is 1.13. The van der Waals surface area contributed by atoms with Crippen molar-refractivity contribution in [2.24, 2.45) is 0 Å². The van der Waals surface area contributed by atoms with Crippen LogP contribution in [0.3, 0.4) is 0 Å². The molecule has 0 fully saturated rings. The first-order chi connectivity index (χ1) is 9.54. The van der Waals surface area contributed by atoms with Crippen molar-refractivity contribution < 1.29 is 9.52 Å². The monoisotopic (exact) mass is 313 g/mol. The summed E-state index contributed by atoms with van der Waals surface area (Å²) in [7, 11) is 0. The van der Waals surface area contributed by atoms with E-state index in [0.717, 1.165) is 23.5 Å². The topological polar surface area (TPSA) is 72.0 Å². The maximum atomic E-state index is 10.2. The minimum absolute atomic E-state index is 0.507. The molecule has 0 unspecified atom stereocenters. The SMILES string of the molecule is CCC(O)(CC)CSc1nnc(Cc2csc(C)n2)o1. The lowest BCUT2D eigenvalue weighted by Gasteiger charge is -2.23. The van der Waals surface area contributed by atoms with Crippen molar-refractivity contribution >= 4 is 23.1 Å². The van der Waals surface area contributed by atoms with Gasteiger partial charge in [-0.3, -0.25) is 0 Å². The number of thiazole rings is 1. The summed E-state index contributed by atoms with van der Waals surface area (Å²) in [5, 5.41) is 21.8. The zero-order valence-electron chi connectivity index (χ0n) is 11.9. The highest BCUT2D eigenvalue weighted by Crippen LogP contribution is 2.26. The first-order valence-electron chi connectivity index (χ1n) is 6.63. The lowest BCUT2D eigenvalue weighted by Crippen LogP contribution is -2.29. The smallest absolute Gasteiger partial charge is 0.276 e. The number of aromatic nitrogens is 3. The molecule has 0 bridgehead atoms. The molecule has 2 aromatic heterocycles. The second kappa shape index (κ2) is 6.69. The maximum absolute atomic E-state index is 10.2. The lowest BCUT2D eigenvalue weighted by molar-refractivity contribution is 0.0569. The van der Waals surface area contributed by atoms with Gasteiger partial charge in [-0.1, -0.05) is 25.6 Å². The molecule has 0 amide bonds. The van der Waals surface area contributed by atoms with Crippen LogP contribution in [0.25, 0.3) is 0 Å². The Morgan fingerprint density at radius 3 is 2.70 bits per heavy atom. The lowest BCUT2D eigenvalue weighted by atomic mass is 10.0. The quantitative estimate of drug-likeness (QED) is 0.792. The second-order valence-corrected chi connectivity index (χ2v) is 6.71. The fourth-order valence-electron chi connectivity index (χ4n) is 1.66. The molecule has 110 valence electrons. The summed E-state index contributed by atoms with van der Waals surface area (Å²) < 4.78 is 5.58. The molecule has 2 heterocycles. The molecule has 0 aliphatic carbocycles. The highest BCUT2D eigenvalue weighted by Gasteiger charge is 2.23. The van der Waals surface area contributed by atoms with Crippen LogP contribution in [-0.4, -0.2) is 31.6 Å². The van der Waals surface area contributed by atoms with Gasteiger partial charge < -0.3 is 9.52 Å². The summed E-state index contributed by atoms with van der Waals surface area (Å²) in [6.45, 7) is 5.93. The normalized spacial score (nSPS) is 12.0. The van der Waals surface area contributed by atoms with Crippen LogP contribution in [-0.2, 0) is 6.42 Å². The first kappa shape index (κ1) is 15.5. The summed E-state index contributed by atoms with van der Waals surface area (Å²) in [6, 6.07) is 0. The number of nitrogens with zero attached hydrogens (tertiary/aromatic N) is 3. The highest BCUT2D eigenvalue weighted by molar-refractivity contribution is 7.99. The third kappa shape index (κ3) is 4.04. The Morgan fingerprint density at radius 2 is 2.10 bits per heavy atom. The van der Waals surface area contributed by atoms with Crippen LogP contribution in [0.4, 0.5) is 0 Å². The van der Waals surface area contributed by atoms with Crippen LogP contribution in [0.5, 0.6) is 0 Å². The standard InChI is InChI=1S/C13H19N3O2S2/c1-4-13(17,5-2)8-20-12-16-15-11(18-12)6-10-7-19-9(3)14-10/h7,17H,4-6,8H2,1-3H3. The molecule has 0 saturated heterocycles. The Labute approximate surface area is 126 Å². The third-order valence-electron chi connectivity index (χ3n) is 3.23. The Balaban J connectivity index is 1.92. The van der Waals surface area contributed by atoms with Gasteiger partial charge in [-0.2, -0.15) is 0 Å². The maximum Gasteiger partial charge on any atom is 0.276 e. The van der Waals surface area contributed by atoms with Crippen molar-refractivity contribution in [3.63, 3.8) is 0 Å². The fraction of sp³-hybridized carbons (Fsp3) is 0.615. The van der Waals surface area contributed by atoms with Gasteiger partial charge >= 0.3 is 0 Å². The van der Waals surface area contributed by atoms with Crippen LogP contribution in [0.1, 0.15) is 43.3 Å². The molecule has 2 aromatic rings. The van der Waals surface area contributed by atoms with Gasteiger partial charge in [-0.15, -0.1) is 21.5 Å².